The normalized spacial score (nSPS) is 11.8. The molecule has 5 heteroatoms. The molecule has 0 saturated heterocycles. The third kappa shape index (κ3) is 4.15. The van der Waals surface area contributed by atoms with Crippen molar-refractivity contribution in [2.24, 2.45) is 0 Å². The van der Waals surface area contributed by atoms with E-state index in [1.165, 1.54) is 0 Å². The first-order valence-electron chi connectivity index (χ1n) is 15.9. The summed E-state index contributed by atoms with van der Waals surface area (Å²) < 4.78 is 12.5. The fourth-order valence-electron chi connectivity index (χ4n) is 6.90. The Bertz CT molecular complexity index is 2830. The van der Waals surface area contributed by atoms with Crippen molar-refractivity contribution in [2.45, 2.75) is 0 Å². The number of fused-ring (bicyclic) bond motifs is 8. The van der Waals surface area contributed by atoms with Crippen LogP contribution >= 0.6 is 0 Å². The first-order valence-corrected chi connectivity index (χ1v) is 15.9. The molecule has 4 heterocycles. The summed E-state index contributed by atoms with van der Waals surface area (Å²) in [6, 6.07) is 51.5. The summed E-state index contributed by atoms with van der Waals surface area (Å²) in [5, 5.41) is 6.43. The van der Waals surface area contributed by atoms with Crippen LogP contribution in [0.3, 0.4) is 0 Å². The van der Waals surface area contributed by atoms with E-state index in [2.05, 4.69) is 84.9 Å². The highest BCUT2D eigenvalue weighted by molar-refractivity contribution is 6.20. The Morgan fingerprint density at radius 1 is 0.375 bits per heavy atom. The maximum atomic E-state index is 6.24. The van der Waals surface area contributed by atoms with E-state index in [1.54, 1.807) is 0 Å². The van der Waals surface area contributed by atoms with Crippen LogP contribution in [0, 0.1) is 0 Å². The number of aromatic nitrogens is 3. The highest BCUT2D eigenvalue weighted by atomic mass is 16.3. The molecule has 4 aromatic heterocycles. The van der Waals surface area contributed by atoms with Gasteiger partial charge in [0.05, 0.1) is 22.5 Å². The second-order valence-electron chi connectivity index (χ2n) is 12.0. The van der Waals surface area contributed by atoms with Crippen LogP contribution in [0.5, 0.6) is 0 Å². The van der Waals surface area contributed by atoms with Crippen LogP contribution in [-0.2, 0) is 0 Å². The molecule has 0 aliphatic carbocycles. The average molecular weight is 616 g/mol. The Morgan fingerprint density at radius 3 is 1.77 bits per heavy atom. The van der Waals surface area contributed by atoms with Crippen molar-refractivity contribution in [3.05, 3.63) is 152 Å². The number of hydrogen-bond acceptors (Lipinski definition) is 5. The molecule has 0 radical (unpaired) electrons. The van der Waals surface area contributed by atoms with Crippen LogP contribution in [0.25, 0.3) is 99.9 Å². The van der Waals surface area contributed by atoms with Gasteiger partial charge in [-0.05, 0) is 29.7 Å². The lowest BCUT2D eigenvalue weighted by atomic mass is 9.99. The average Bonchev–Trinajstić information content (AvgIpc) is 3.73. The Balaban J connectivity index is 1.14. The van der Waals surface area contributed by atoms with Crippen LogP contribution in [0.1, 0.15) is 0 Å². The van der Waals surface area contributed by atoms with Crippen LogP contribution in [-0.4, -0.2) is 15.0 Å². The molecule has 0 aliphatic rings. The molecule has 48 heavy (non-hydrogen) atoms. The van der Waals surface area contributed by atoms with Crippen LogP contribution in [0.4, 0.5) is 0 Å². The fourth-order valence-corrected chi connectivity index (χ4v) is 6.90. The van der Waals surface area contributed by atoms with E-state index in [0.717, 1.165) is 88.4 Å². The largest absolute Gasteiger partial charge is 0.456 e. The first-order chi connectivity index (χ1) is 23.8. The van der Waals surface area contributed by atoms with E-state index in [1.807, 2.05) is 66.7 Å². The monoisotopic (exact) mass is 615 g/mol. The predicted molar refractivity (Wildman–Crippen MR) is 194 cm³/mol. The predicted octanol–water partition coefficient (Wildman–Crippen LogP) is 11.5. The minimum atomic E-state index is 0.637. The molecule has 0 unspecified atom stereocenters. The number of nitrogens with zero attached hydrogens (tertiary/aromatic N) is 3. The van der Waals surface area contributed by atoms with Gasteiger partial charge in [0.1, 0.15) is 16.7 Å². The third-order valence-corrected chi connectivity index (χ3v) is 9.13. The van der Waals surface area contributed by atoms with Gasteiger partial charge in [0.25, 0.3) is 0 Å². The van der Waals surface area contributed by atoms with E-state index < -0.39 is 0 Å². The van der Waals surface area contributed by atoms with E-state index in [4.69, 9.17) is 23.8 Å². The Hall–Kier alpha value is -6.59. The molecular formula is C43H25N3O2. The molecule has 0 bridgehead atoms. The zero-order chi connectivity index (χ0) is 31.6. The number of benzene rings is 6. The number of furan rings is 2. The lowest BCUT2D eigenvalue weighted by Gasteiger charge is -2.11. The number of pyridine rings is 1. The van der Waals surface area contributed by atoms with Gasteiger partial charge in [-0.3, -0.25) is 0 Å². The van der Waals surface area contributed by atoms with Crippen molar-refractivity contribution in [1.82, 2.24) is 15.0 Å². The Kier molecular flexibility index (Phi) is 5.81. The fraction of sp³-hybridized carbons (Fsp3) is 0. The van der Waals surface area contributed by atoms with Crippen LogP contribution < -0.4 is 0 Å². The van der Waals surface area contributed by atoms with Crippen molar-refractivity contribution >= 4 is 54.8 Å². The van der Waals surface area contributed by atoms with Crippen molar-refractivity contribution in [2.75, 3.05) is 0 Å². The summed E-state index contributed by atoms with van der Waals surface area (Å²) in [7, 11) is 0. The van der Waals surface area contributed by atoms with Gasteiger partial charge < -0.3 is 8.83 Å². The zero-order valence-corrected chi connectivity index (χ0v) is 25.6. The summed E-state index contributed by atoms with van der Waals surface area (Å²) in [5.74, 6) is 0.647. The SMILES string of the molecule is c1ccc(-c2cc(-c3cccc4oc5ccccc5c34)nc(-c3ccc(-c4nc5oc6ccccc6c5c5ccccc45)cc3)n2)cc1. The molecular weight excluding hydrogens is 590 g/mol. The maximum Gasteiger partial charge on any atom is 0.228 e. The Morgan fingerprint density at radius 2 is 0.979 bits per heavy atom. The first kappa shape index (κ1) is 26.6. The van der Waals surface area contributed by atoms with Gasteiger partial charge in [0, 0.05) is 43.8 Å². The molecule has 0 atom stereocenters. The topological polar surface area (TPSA) is 65.0 Å². The molecule has 5 nitrogen and oxygen atoms in total. The molecule has 10 aromatic rings. The Labute approximate surface area is 274 Å². The van der Waals surface area contributed by atoms with Gasteiger partial charge in [0.2, 0.25) is 5.71 Å². The second-order valence-corrected chi connectivity index (χ2v) is 12.0. The number of hydrogen-bond donors (Lipinski definition) is 0. The molecule has 0 N–H and O–H groups in total. The van der Waals surface area contributed by atoms with Gasteiger partial charge in [-0.1, -0.05) is 127 Å². The minimum Gasteiger partial charge on any atom is -0.456 e. The summed E-state index contributed by atoms with van der Waals surface area (Å²) in [6.45, 7) is 0. The van der Waals surface area contributed by atoms with Gasteiger partial charge in [-0.15, -0.1) is 0 Å². The second kappa shape index (κ2) is 10.5. The molecule has 0 amide bonds. The summed E-state index contributed by atoms with van der Waals surface area (Å²) >= 11 is 0. The molecule has 0 aliphatic heterocycles. The third-order valence-electron chi connectivity index (χ3n) is 9.13. The highest BCUT2D eigenvalue weighted by Crippen LogP contribution is 2.40. The van der Waals surface area contributed by atoms with Gasteiger partial charge in [-0.25, -0.2) is 15.0 Å². The van der Waals surface area contributed by atoms with Gasteiger partial charge in [0.15, 0.2) is 5.82 Å². The summed E-state index contributed by atoms with van der Waals surface area (Å²) in [4.78, 5) is 15.3. The quantitative estimate of drug-likeness (QED) is 0.197. The van der Waals surface area contributed by atoms with Crippen molar-refractivity contribution in [1.29, 1.82) is 0 Å². The lowest BCUT2D eigenvalue weighted by Crippen LogP contribution is -1.96. The van der Waals surface area contributed by atoms with E-state index in [0.29, 0.717) is 11.5 Å². The number of rotatable bonds is 4. The minimum absolute atomic E-state index is 0.637. The smallest absolute Gasteiger partial charge is 0.228 e. The molecule has 6 aromatic carbocycles. The van der Waals surface area contributed by atoms with Crippen molar-refractivity contribution < 1.29 is 8.83 Å². The molecule has 10 rings (SSSR count). The maximum absolute atomic E-state index is 6.24. The van der Waals surface area contributed by atoms with E-state index in [9.17, 15) is 0 Å². The van der Waals surface area contributed by atoms with E-state index >= 15 is 0 Å². The van der Waals surface area contributed by atoms with Gasteiger partial charge >= 0.3 is 0 Å². The zero-order valence-electron chi connectivity index (χ0n) is 25.6. The standard InChI is InChI=1S/C43H25N3O2/c1-2-11-26(12-3-1)34-25-35(31-17-10-20-38-39(31)32-15-6-8-18-36(32)47-38)45-42(44-34)28-23-21-27(22-24-28)41-30-14-5-4-13-29(30)40-33-16-7-9-19-37(33)48-43(40)46-41/h1-25H. The lowest BCUT2D eigenvalue weighted by molar-refractivity contribution is 0.655. The molecule has 0 fully saturated rings. The van der Waals surface area contributed by atoms with Crippen LogP contribution in [0.2, 0.25) is 0 Å². The van der Waals surface area contributed by atoms with E-state index in [-0.39, 0.29) is 0 Å². The summed E-state index contributed by atoms with van der Waals surface area (Å²) in [5.41, 5.74) is 9.67. The molecule has 224 valence electrons. The highest BCUT2D eigenvalue weighted by Gasteiger charge is 2.18. The molecule has 0 saturated carbocycles. The number of para-hydroxylation sites is 2. The van der Waals surface area contributed by atoms with Crippen molar-refractivity contribution in [3.63, 3.8) is 0 Å². The van der Waals surface area contributed by atoms with Gasteiger partial charge in [-0.2, -0.15) is 0 Å². The van der Waals surface area contributed by atoms with Crippen LogP contribution in [0.15, 0.2) is 160 Å². The van der Waals surface area contributed by atoms with Crippen molar-refractivity contribution in [3.8, 4) is 45.2 Å². The molecule has 0 spiro atoms. The summed E-state index contributed by atoms with van der Waals surface area (Å²) in [6.07, 6.45) is 0.